The van der Waals surface area contributed by atoms with Crippen LogP contribution in [0.4, 0.5) is 0 Å². The third-order valence-electron chi connectivity index (χ3n) is 4.69. The molecule has 0 aromatic carbocycles. The van der Waals surface area contributed by atoms with Crippen LogP contribution in [0.25, 0.3) is 0 Å². The van der Waals surface area contributed by atoms with Gasteiger partial charge in [0.1, 0.15) is 5.69 Å². The minimum atomic E-state index is 0.188. The largest absolute Gasteiger partial charge is 0.334 e. The predicted molar refractivity (Wildman–Crippen MR) is 90.0 cm³/mol. The molecular formula is C18H31N3O. The van der Waals surface area contributed by atoms with Crippen LogP contribution in [0.3, 0.4) is 0 Å². The Bertz CT molecular complexity index is 445. The Morgan fingerprint density at radius 2 is 1.77 bits per heavy atom. The van der Waals surface area contributed by atoms with Gasteiger partial charge in [-0.1, -0.05) is 52.4 Å². The lowest BCUT2D eigenvalue weighted by Gasteiger charge is -2.31. The van der Waals surface area contributed by atoms with Crippen LogP contribution in [0.2, 0.25) is 0 Å². The summed E-state index contributed by atoms with van der Waals surface area (Å²) in [6, 6.07) is 2.28. The van der Waals surface area contributed by atoms with Gasteiger partial charge in [0.15, 0.2) is 0 Å². The second-order valence-corrected chi connectivity index (χ2v) is 6.44. The van der Waals surface area contributed by atoms with Crippen molar-refractivity contribution in [3.8, 4) is 0 Å². The maximum absolute atomic E-state index is 12.9. The van der Waals surface area contributed by atoms with Gasteiger partial charge in [-0.25, -0.2) is 0 Å². The summed E-state index contributed by atoms with van der Waals surface area (Å²) in [6.45, 7) is 6.22. The summed E-state index contributed by atoms with van der Waals surface area (Å²) in [6.07, 6.45) is 12.5. The first-order valence-corrected chi connectivity index (χ1v) is 9.10. The summed E-state index contributed by atoms with van der Waals surface area (Å²) in [5, 5.41) is 4.28. The molecule has 1 aromatic heterocycles. The molecule has 1 aliphatic heterocycles. The molecule has 0 fully saturated rings. The number of nitrogens with zero attached hydrogens (tertiary/aromatic N) is 3. The van der Waals surface area contributed by atoms with E-state index in [1.165, 1.54) is 38.5 Å². The molecule has 0 bridgehead atoms. The molecule has 124 valence electrons. The van der Waals surface area contributed by atoms with Crippen LogP contribution in [0.15, 0.2) is 12.3 Å². The molecule has 0 saturated heterocycles. The Morgan fingerprint density at radius 1 is 1.09 bits per heavy atom. The Hall–Kier alpha value is -1.32. The van der Waals surface area contributed by atoms with E-state index >= 15 is 0 Å². The van der Waals surface area contributed by atoms with E-state index < -0.39 is 0 Å². The Labute approximate surface area is 134 Å². The van der Waals surface area contributed by atoms with Crippen LogP contribution >= 0.6 is 0 Å². The smallest absolute Gasteiger partial charge is 0.272 e. The van der Waals surface area contributed by atoms with Crippen molar-refractivity contribution in [3.05, 3.63) is 18.0 Å². The second-order valence-electron chi connectivity index (χ2n) is 6.44. The fourth-order valence-electron chi connectivity index (χ4n) is 3.40. The third-order valence-corrected chi connectivity index (χ3v) is 4.69. The van der Waals surface area contributed by atoms with Crippen molar-refractivity contribution in [1.82, 2.24) is 14.7 Å². The van der Waals surface area contributed by atoms with Gasteiger partial charge in [0, 0.05) is 25.3 Å². The molecule has 22 heavy (non-hydrogen) atoms. The number of aryl methyl sites for hydroxylation is 1. The molecule has 2 rings (SSSR count). The number of hydrogen-bond acceptors (Lipinski definition) is 2. The lowest BCUT2D eigenvalue weighted by Crippen LogP contribution is -2.40. The minimum absolute atomic E-state index is 0.188. The molecule has 1 aliphatic rings. The number of aromatic nitrogens is 2. The summed E-state index contributed by atoms with van der Waals surface area (Å²) in [5.41, 5.74) is 0.772. The molecule has 0 N–H and O–H groups in total. The quantitative estimate of drug-likeness (QED) is 0.639. The van der Waals surface area contributed by atoms with E-state index in [0.717, 1.165) is 38.0 Å². The van der Waals surface area contributed by atoms with Gasteiger partial charge in [0.05, 0.1) is 0 Å². The summed E-state index contributed by atoms with van der Waals surface area (Å²) in [7, 11) is 0. The minimum Gasteiger partial charge on any atom is -0.334 e. The van der Waals surface area contributed by atoms with Crippen LogP contribution in [0, 0.1) is 0 Å². The zero-order chi connectivity index (χ0) is 15.8. The van der Waals surface area contributed by atoms with Crippen LogP contribution in [0.1, 0.15) is 82.1 Å². The molecule has 1 aromatic rings. The molecule has 1 amide bonds. The molecule has 4 heteroatoms. The molecule has 0 aliphatic carbocycles. The first kappa shape index (κ1) is 17.0. The molecule has 4 nitrogen and oxygen atoms in total. The predicted octanol–water partition coefficient (Wildman–Crippen LogP) is 4.26. The number of hydrogen-bond donors (Lipinski definition) is 0. The zero-order valence-corrected chi connectivity index (χ0v) is 14.3. The van der Waals surface area contributed by atoms with Crippen molar-refractivity contribution in [2.75, 3.05) is 6.54 Å². The van der Waals surface area contributed by atoms with Crippen molar-refractivity contribution in [3.63, 3.8) is 0 Å². The standard InChI is InChI=1S/C18H31N3O/c1-3-5-7-10-16(11-8-6-4-2)20-14-9-15-21-17(18(20)22)12-13-19-21/h12-13,16H,3-11,14-15H2,1-2H3. The lowest BCUT2D eigenvalue weighted by atomic mass is 10.00. The van der Waals surface area contributed by atoms with Gasteiger partial charge in [-0.15, -0.1) is 0 Å². The first-order valence-electron chi connectivity index (χ1n) is 9.10. The van der Waals surface area contributed by atoms with E-state index in [2.05, 4.69) is 23.8 Å². The van der Waals surface area contributed by atoms with E-state index in [0.29, 0.717) is 6.04 Å². The number of unbranched alkanes of at least 4 members (excludes halogenated alkanes) is 4. The van der Waals surface area contributed by atoms with Crippen LogP contribution in [-0.4, -0.2) is 33.2 Å². The van der Waals surface area contributed by atoms with Crippen molar-refractivity contribution in [2.24, 2.45) is 0 Å². The Kier molecular flexibility index (Phi) is 6.94. The maximum Gasteiger partial charge on any atom is 0.272 e. The summed E-state index contributed by atoms with van der Waals surface area (Å²) < 4.78 is 1.87. The van der Waals surface area contributed by atoms with E-state index in [1.807, 2.05) is 10.7 Å². The summed E-state index contributed by atoms with van der Waals surface area (Å²) in [4.78, 5) is 15.0. The number of fused-ring (bicyclic) bond motifs is 1. The number of carbonyl (C=O) groups is 1. The molecule has 2 heterocycles. The average molecular weight is 305 g/mol. The summed E-state index contributed by atoms with van der Waals surface area (Å²) >= 11 is 0. The summed E-state index contributed by atoms with van der Waals surface area (Å²) in [5.74, 6) is 0.188. The van der Waals surface area contributed by atoms with Gasteiger partial charge in [-0.2, -0.15) is 5.10 Å². The highest BCUT2D eigenvalue weighted by atomic mass is 16.2. The monoisotopic (exact) mass is 305 g/mol. The van der Waals surface area contributed by atoms with E-state index in [-0.39, 0.29) is 5.91 Å². The second kappa shape index (κ2) is 8.96. The van der Waals surface area contributed by atoms with Crippen molar-refractivity contribution in [2.45, 2.75) is 84.2 Å². The highest BCUT2D eigenvalue weighted by Crippen LogP contribution is 2.22. The highest BCUT2D eigenvalue weighted by Gasteiger charge is 2.28. The Balaban J connectivity index is 2.05. The van der Waals surface area contributed by atoms with E-state index in [9.17, 15) is 4.79 Å². The van der Waals surface area contributed by atoms with Gasteiger partial charge < -0.3 is 4.90 Å². The topological polar surface area (TPSA) is 38.1 Å². The van der Waals surface area contributed by atoms with Crippen LogP contribution in [0.5, 0.6) is 0 Å². The normalized spacial score (nSPS) is 15.2. The Morgan fingerprint density at radius 3 is 2.41 bits per heavy atom. The molecular weight excluding hydrogens is 274 g/mol. The van der Waals surface area contributed by atoms with Crippen molar-refractivity contribution >= 4 is 5.91 Å². The van der Waals surface area contributed by atoms with E-state index in [4.69, 9.17) is 0 Å². The third kappa shape index (κ3) is 4.34. The van der Waals surface area contributed by atoms with Crippen LogP contribution in [-0.2, 0) is 6.54 Å². The SMILES string of the molecule is CCCCCC(CCCCC)N1CCCn2nccc2C1=O. The van der Waals surface area contributed by atoms with Gasteiger partial charge in [0.25, 0.3) is 5.91 Å². The number of rotatable bonds is 9. The fourth-order valence-corrected chi connectivity index (χ4v) is 3.40. The lowest BCUT2D eigenvalue weighted by molar-refractivity contribution is 0.0656. The number of amides is 1. The van der Waals surface area contributed by atoms with Crippen molar-refractivity contribution < 1.29 is 4.79 Å². The van der Waals surface area contributed by atoms with Crippen molar-refractivity contribution in [1.29, 1.82) is 0 Å². The van der Waals surface area contributed by atoms with Gasteiger partial charge >= 0.3 is 0 Å². The number of carbonyl (C=O) groups excluding carboxylic acids is 1. The molecule has 0 spiro atoms. The molecule has 0 atom stereocenters. The fraction of sp³-hybridized carbons (Fsp3) is 0.778. The van der Waals surface area contributed by atoms with E-state index in [1.54, 1.807) is 6.20 Å². The molecule has 0 unspecified atom stereocenters. The van der Waals surface area contributed by atoms with Gasteiger partial charge in [0.2, 0.25) is 0 Å². The zero-order valence-electron chi connectivity index (χ0n) is 14.3. The van der Waals surface area contributed by atoms with Gasteiger partial charge in [-0.3, -0.25) is 9.48 Å². The first-order chi connectivity index (χ1) is 10.8. The highest BCUT2D eigenvalue weighted by molar-refractivity contribution is 5.93. The van der Waals surface area contributed by atoms with Crippen LogP contribution < -0.4 is 0 Å². The average Bonchev–Trinajstić information content (AvgIpc) is 2.93. The molecule has 0 radical (unpaired) electrons. The van der Waals surface area contributed by atoms with Gasteiger partial charge in [-0.05, 0) is 25.3 Å². The molecule has 0 saturated carbocycles. The maximum atomic E-state index is 12.9.